The SMILES string of the molecule is COc1ccc(Cn2nc(COC(C)C)nc2-c2n[nH]nc2Cl)cc1. The highest BCUT2D eigenvalue weighted by molar-refractivity contribution is 6.31. The van der Waals surface area contributed by atoms with Crippen LogP contribution in [0, 0.1) is 0 Å². The van der Waals surface area contributed by atoms with Crippen molar-refractivity contribution in [3.05, 3.63) is 40.8 Å². The van der Waals surface area contributed by atoms with Gasteiger partial charge in [-0.25, -0.2) is 9.67 Å². The number of H-pyrrole nitrogens is 1. The summed E-state index contributed by atoms with van der Waals surface area (Å²) in [5.74, 6) is 1.90. The molecule has 1 N–H and O–H groups in total. The zero-order valence-electron chi connectivity index (χ0n) is 14.2. The molecule has 3 aromatic rings. The molecule has 9 heteroatoms. The molecule has 0 amide bonds. The monoisotopic (exact) mass is 362 g/mol. The van der Waals surface area contributed by atoms with E-state index in [-0.39, 0.29) is 11.3 Å². The summed E-state index contributed by atoms with van der Waals surface area (Å²) in [6.45, 7) is 4.75. The van der Waals surface area contributed by atoms with Gasteiger partial charge in [0.2, 0.25) is 0 Å². The van der Waals surface area contributed by atoms with Gasteiger partial charge in [-0.05, 0) is 31.5 Å². The van der Waals surface area contributed by atoms with E-state index < -0.39 is 0 Å². The van der Waals surface area contributed by atoms with Gasteiger partial charge in [-0.1, -0.05) is 23.7 Å². The van der Waals surface area contributed by atoms with Crippen molar-refractivity contribution in [3.63, 3.8) is 0 Å². The molecule has 0 bridgehead atoms. The maximum Gasteiger partial charge on any atom is 0.182 e. The number of nitrogens with one attached hydrogen (secondary N) is 1. The van der Waals surface area contributed by atoms with Crippen LogP contribution >= 0.6 is 11.6 Å². The molecular weight excluding hydrogens is 344 g/mol. The summed E-state index contributed by atoms with van der Waals surface area (Å²) in [5, 5.41) is 15.2. The van der Waals surface area contributed by atoms with Crippen LogP contribution in [0.5, 0.6) is 5.75 Å². The molecule has 0 aliphatic carbocycles. The Morgan fingerprint density at radius 2 is 1.96 bits per heavy atom. The van der Waals surface area contributed by atoms with Gasteiger partial charge >= 0.3 is 0 Å². The molecule has 8 nitrogen and oxygen atoms in total. The smallest absolute Gasteiger partial charge is 0.182 e. The molecule has 25 heavy (non-hydrogen) atoms. The quantitative estimate of drug-likeness (QED) is 0.694. The lowest BCUT2D eigenvalue weighted by molar-refractivity contribution is 0.0612. The summed E-state index contributed by atoms with van der Waals surface area (Å²) in [6.07, 6.45) is 0.0904. The molecule has 2 aromatic heterocycles. The molecule has 0 saturated carbocycles. The van der Waals surface area contributed by atoms with E-state index in [0.29, 0.717) is 30.5 Å². The van der Waals surface area contributed by atoms with Crippen molar-refractivity contribution in [1.29, 1.82) is 0 Å². The maximum absolute atomic E-state index is 6.09. The molecular formula is C16H19ClN6O2. The predicted molar refractivity (Wildman–Crippen MR) is 92.4 cm³/mol. The molecule has 132 valence electrons. The van der Waals surface area contributed by atoms with Crippen LogP contribution in [0.4, 0.5) is 0 Å². The minimum Gasteiger partial charge on any atom is -0.497 e. The first kappa shape index (κ1) is 17.4. The Labute approximate surface area is 150 Å². The Kier molecular flexibility index (Phi) is 5.30. The molecule has 0 spiro atoms. The summed E-state index contributed by atoms with van der Waals surface area (Å²) in [4.78, 5) is 4.51. The lowest BCUT2D eigenvalue weighted by atomic mass is 10.2. The van der Waals surface area contributed by atoms with Gasteiger partial charge in [0.05, 0.1) is 19.8 Å². The van der Waals surface area contributed by atoms with E-state index in [9.17, 15) is 0 Å². The fourth-order valence-corrected chi connectivity index (χ4v) is 2.41. The Balaban J connectivity index is 1.90. The number of hydrogen-bond acceptors (Lipinski definition) is 6. The summed E-state index contributed by atoms with van der Waals surface area (Å²) >= 11 is 6.09. The topological polar surface area (TPSA) is 90.7 Å². The van der Waals surface area contributed by atoms with Gasteiger partial charge in [-0.3, -0.25) is 0 Å². The van der Waals surface area contributed by atoms with E-state index in [1.165, 1.54) is 0 Å². The molecule has 0 unspecified atom stereocenters. The first-order valence-corrected chi connectivity index (χ1v) is 8.19. The van der Waals surface area contributed by atoms with Crippen LogP contribution in [0.2, 0.25) is 5.15 Å². The summed E-state index contributed by atoms with van der Waals surface area (Å²) in [7, 11) is 1.64. The Bertz CT molecular complexity index is 828. The van der Waals surface area contributed by atoms with Crippen LogP contribution in [-0.2, 0) is 17.9 Å². The van der Waals surface area contributed by atoms with Crippen molar-refractivity contribution >= 4 is 11.6 Å². The van der Waals surface area contributed by atoms with Gasteiger partial charge in [0.1, 0.15) is 12.4 Å². The van der Waals surface area contributed by atoms with Crippen LogP contribution in [0.15, 0.2) is 24.3 Å². The average Bonchev–Trinajstić information content (AvgIpc) is 3.19. The van der Waals surface area contributed by atoms with Crippen molar-refractivity contribution in [2.24, 2.45) is 0 Å². The standard InChI is InChI=1S/C16H19ClN6O2/c1-10(2)25-9-13-18-16(14-15(17)20-22-19-14)23(21-13)8-11-4-6-12(24-3)7-5-11/h4-7,10H,8-9H2,1-3H3,(H,19,20,22). The van der Waals surface area contributed by atoms with Gasteiger partial charge < -0.3 is 9.47 Å². The molecule has 0 aliphatic heterocycles. The number of ether oxygens (including phenoxy) is 2. The van der Waals surface area contributed by atoms with E-state index in [1.807, 2.05) is 38.1 Å². The number of aromatic amines is 1. The Hall–Kier alpha value is -2.45. The van der Waals surface area contributed by atoms with Crippen molar-refractivity contribution in [1.82, 2.24) is 30.2 Å². The molecule has 3 rings (SSSR count). The second-order valence-electron chi connectivity index (χ2n) is 5.68. The van der Waals surface area contributed by atoms with Crippen LogP contribution in [0.25, 0.3) is 11.5 Å². The summed E-state index contributed by atoms with van der Waals surface area (Å²) in [5.41, 5.74) is 1.50. The molecule has 2 heterocycles. The number of aromatic nitrogens is 6. The maximum atomic E-state index is 6.09. The van der Waals surface area contributed by atoms with Crippen LogP contribution in [0.1, 0.15) is 25.2 Å². The van der Waals surface area contributed by atoms with Crippen molar-refractivity contribution in [2.75, 3.05) is 7.11 Å². The third kappa shape index (κ3) is 4.15. The van der Waals surface area contributed by atoms with Crippen LogP contribution in [-0.4, -0.2) is 43.4 Å². The van der Waals surface area contributed by atoms with Crippen LogP contribution in [0.3, 0.4) is 0 Å². The van der Waals surface area contributed by atoms with Crippen molar-refractivity contribution in [2.45, 2.75) is 33.1 Å². The van der Waals surface area contributed by atoms with E-state index >= 15 is 0 Å². The summed E-state index contributed by atoms with van der Waals surface area (Å²) in [6, 6.07) is 7.74. The number of rotatable bonds is 7. The van der Waals surface area contributed by atoms with E-state index in [0.717, 1.165) is 11.3 Å². The first-order chi connectivity index (χ1) is 12.1. The third-order valence-corrected chi connectivity index (χ3v) is 3.73. The first-order valence-electron chi connectivity index (χ1n) is 7.81. The van der Waals surface area contributed by atoms with Gasteiger partial charge in [0.15, 0.2) is 22.5 Å². The largest absolute Gasteiger partial charge is 0.497 e. The normalized spacial score (nSPS) is 11.2. The van der Waals surface area contributed by atoms with Gasteiger partial charge in [0.25, 0.3) is 0 Å². The highest BCUT2D eigenvalue weighted by Gasteiger charge is 2.18. The predicted octanol–water partition coefficient (Wildman–Crippen LogP) is 2.70. The average molecular weight is 363 g/mol. The van der Waals surface area contributed by atoms with Crippen molar-refractivity contribution < 1.29 is 9.47 Å². The fourth-order valence-electron chi connectivity index (χ4n) is 2.24. The fraction of sp³-hybridized carbons (Fsp3) is 0.375. The lowest BCUT2D eigenvalue weighted by Crippen LogP contribution is -2.06. The molecule has 1 aromatic carbocycles. The van der Waals surface area contributed by atoms with E-state index in [4.69, 9.17) is 21.1 Å². The Morgan fingerprint density at radius 3 is 2.56 bits per heavy atom. The van der Waals surface area contributed by atoms with E-state index in [2.05, 4.69) is 25.5 Å². The molecule has 0 saturated heterocycles. The van der Waals surface area contributed by atoms with Gasteiger partial charge in [-0.15, -0.1) is 5.10 Å². The molecule has 0 aliphatic rings. The number of methoxy groups -OCH3 is 1. The minimum atomic E-state index is 0.0904. The zero-order chi connectivity index (χ0) is 17.8. The number of nitrogens with zero attached hydrogens (tertiary/aromatic N) is 5. The number of benzene rings is 1. The number of hydrogen-bond donors (Lipinski definition) is 1. The summed E-state index contributed by atoms with van der Waals surface area (Å²) < 4.78 is 12.5. The Morgan fingerprint density at radius 1 is 1.20 bits per heavy atom. The van der Waals surface area contributed by atoms with Gasteiger partial charge in [0, 0.05) is 0 Å². The highest BCUT2D eigenvalue weighted by atomic mass is 35.5. The molecule has 0 radical (unpaired) electrons. The van der Waals surface area contributed by atoms with Crippen LogP contribution < -0.4 is 4.74 Å². The third-order valence-electron chi connectivity index (χ3n) is 3.47. The van der Waals surface area contributed by atoms with Gasteiger partial charge in [-0.2, -0.15) is 15.4 Å². The highest BCUT2D eigenvalue weighted by Crippen LogP contribution is 2.23. The minimum absolute atomic E-state index is 0.0904. The second kappa shape index (κ2) is 7.62. The van der Waals surface area contributed by atoms with E-state index in [1.54, 1.807) is 11.8 Å². The zero-order valence-corrected chi connectivity index (χ0v) is 15.0. The molecule has 0 atom stereocenters. The number of halogens is 1. The second-order valence-corrected chi connectivity index (χ2v) is 6.04. The lowest BCUT2D eigenvalue weighted by Gasteiger charge is -2.06. The molecule has 0 fully saturated rings. The van der Waals surface area contributed by atoms with Crippen molar-refractivity contribution in [3.8, 4) is 17.3 Å².